The standard InChI is InChI=1S/C6H10O8S/c1-3(7)5(9)13-15(11,12)14-6(10)4(2)8/h3-4,7-8H,1-2H3. The summed E-state index contributed by atoms with van der Waals surface area (Å²) in [6.45, 7) is 1.93. The zero-order valence-corrected chi connectivity index (χ0v) is 8.72. The van der Waals surface area contributed by atoms with E-state index in [1.165, 1.54) is 0 Å². The van der Waals surface area contributed by atoms with Crippen molar-refractivity contribution in [1.29, 1.82) is 0 Å². The zero-order chi connectivity index (χ0) is 12.2. The third-order valence-corrected chi connectivity index (χ3v) is 1.79. The molecule has 0 rings (SSSR count). The van der Waals surface area contributed by atoms with Crippen molar-refractivity contribution in [2.24, 2.45) is 0 Å². The number of hydrogen-bond donors (Lipinski definition) is 2. The van der Waals surface area contributed by atoms with Gasteiger partial charge >= 0.3 is 22.3 Å². The smallest absolute Gasteiger partial charge is 0.382 e. The van der Waals surface area contributed by atoms with Crippen LogP contribution in [-0.4, -0.2) is 42.8 Å². The van der Waals surface area contributed by atoms with Crippen LogP contribution in [0.1, 0.15) is 13.8 Å². The Morgan fingerprint density at radius 2 is 1.27 bits per heavy atom. The minimum Gasteiger partial charge on any atom is -0.382 e. The molecule has 0 aromatic carbocycles. The van der Waals surface area contributed by atoms with Gasteiger partial charge in [0.25, 0.3) is 0 Å². The van der Waals surface area contributed by atoms with E-state index in [2.05, 4.69) is 8.37 Å². The molecule has 0 spiro atoms. The van der Waals surface area contributed by atoms with Gasteiger partial charge in [-0.3, -0.25) is 0 Å². The van der Waals surface area contributed by atoms with Crippen molar-refractivity contribution in [2.45, 2.75) is 26.1 Å². The Morgan fingerprint density at radius 3 is 1.47 bits per heavy atom. The van der Waals surface area contributed by atoms with Gasteiger partial charge in [0, 0.05) is 0 Å². The summed E-state index contributed by atoms with van der Waals surface area (Å²) in [6.07, 6.45) is -3.35. The Bertz CT molecular complexity index is 312. The van der Waals surface area contributed by atoms with E-state index < -0.39 is 34.5 Å². The van der Waals surface area contributed by atoms with E-state index in [1.807, 2.05) is 0 Å². The Morgan fingerprint density at radius 1 is 1.00 bits per heavy atom. The highest BCUT2D eigenvalue weighted by Gasteiger charge is 2.27. The predicted molar refractivity (Wildman–Crippen MR) is 44.5 cm³/mol. The molecular formula is C6H10O8S. The first-order chi connectivity index (χ1) is 6.65. The lowest BCUT2D eigenvalue weighted by Crippen LogP contribution is -2.29. The van der Waals surface area contributed by atoms with E-state index in [9.17, 15) is 18.0 Å². The molecule has 0 radical (unpaired) electrons. The fourth-order valence-electron chi connectivity index (χ4n) is 0.357. The maximum Gasteiger partial charge on any atom is 0.506 e. The number of carbonyl (C=O) groups is 2. The molecule has 0 heterocycles. The normalized spacial score (nSPS) is 15.2. The molecule has 0 aliphatic carbocycles. The first-order valence-electron chi connectivity index (χ1n) is 3.73. The van der Waals surface area contributed by atoms with Crippen LogP contribution in [0.3, 0.4) is 0 Å². The molecule has 0 aliphatic heterocycles. The quantitative estimate of drug-likeness (QED) is 0.584. The summed E-state index contributed by atoms with van der Waals surface area (Å²) in [7, 11) is -4.89. The second-order valence-electron chi connectivity index (χ2n) is 2.56. The fourth-order valence-corrected chi connectivity index (χ4v) is 1.07. The van der Waals surface area contributed by atoms with Crippen LogP contribution in [0.15, 0.2) is 0 Å². The maximum absolute atomic E-state index is 10.8. The van der Waals surface area contributed by atoms with Crippen LogP contribution in [0.25, 0.3) is 0 Å². The topological polar surface area (TPSA) is 127 Å². The molecule has 0 saturated carbocycles. The average Bonchev–Trinajstić information content (AvgIpc) is 2.01. The minimum absolute atomic E-state index is 0.967. The van der Waals surface area contributed by atoms with E-state index in [0.717, 1.165) is 13.8 Å². The average molecular weight is 242 g/mol. The van der Waals surface area contributed by atoms with E-state index in [1.54, 1.807) is 0 Å². The van der Waals surface area contributed by atoms with Gasteiger partial charge in [-0.2, -0.15) is 0 Å². The largest absolute Gasteiger partial charge is 0.506 e. The summed E-state index contributed by atoms with van der Waals surface area (Å²) in [5.74, 6) is -2.98. The summed E-state index contributed by atoms with van der Waals surface area (Å²) in [6, 6.07) is 0. The molecule has 0 bridgehead atoms. The van der Waals surface area contributed by atoms with E-state index in [-0.39, 0.29) is 0 Å². The second-order valence-corrected chi connectivity index (χ2v) is 3.71. The molecule has 0 fully saturated rings. The first-order valence-corrected chi connectivity index (χ1v) is 5.06. The van der Waals surface area contributed by atoms with E-state index in [0.29, 0.717) is 0 Å². The van der Waals surface area contributed by atoms with Gasteiger partial charge in [-0.05, 0) is 13.8 Å². The molecule has 0 aromatic rings. The SMILES string of the molecule is CC(O)C(=O)OS(=O)(=O)OC(=O)C(C)O. The molecule has 88 valence electrons. The predicted octanol–water partition coefficient (Wildman–Crippen LogP) is -1.92. The maximum atomic E-state index is 10.8. The molecule has 15 heavy (non-hydrogen) atoms. The lowest BCUT2D eigenvalue weighted by atomic mass is 10.4. The molecule has 2 atom stereocenters. The van der Waals surface area contributed by atoms with Crippen LogP contribution >= 0.6 is 0 Å². The van der Waals surface area contributed by atoms with Crippen LogP contribution in [0.5, 0.6) is 0 Å². The molecule has 0 aromatic heterocycles. The Labute approximate surface area is 85.7 Å². The molecule has 0 amide bonds. The third-order valence-electron chi connectivity index (χ3n) is 1.05. The Balaban J connectivity index is 4.46. The van der Waals surface area contributed by atoms with Crippen molar-refractivity contribution >= 4 is 22.3 Å². The lowest BCUT2D eigenvalue weighted by molar-refractivity contribution is -0.146. The highest BCUT2D eigenvalue weighted by Crippen LogP contribution is 2.01. The van der Waals surface area contributed by atoms with Crippen LogP contribution in [0.4, 0.5) is 0 Å². The van der Waals surface area contributed by atoms with Gasteiger partial charge in [-0.25, -0.2) is 9.59 Å². The van der Waals surface area contributed by atoms with Crippen LogP contribution in [0.2, 0.25) is 0 Å². The summed E-state index contributed by atoms with van der Waals surface area (Å²) < 4.78 is 28.8. The highest BCUT2D eigenvalue weighted by atomic mass is 32.3. The number of aliphatic hydroxyl groups is 2. The lowest BCUT2D eigenvalue weighted by Gasteiger charge is -2.07. The van der Waals surface area contributed by atoms with E-state index in [4.69, 9.17) is 10.2 Å². The van der Waals surface area contributed by atoms with Crippen LogP contribution < -0.4 is 0 Å². The monoisotopic (exact) mass is 242 g/mol. The van der Waals surface area contributed by atoms with Crippen molar-refractivity contribution in [3.63, 3.8) is 0 Å². The molecule has 0 saturated heterocycles. The van der Waals surface area contributed by atoms with Gasteiger partial charge < -0.3 is 18.6 Å². The fraction of sp³-hybridized carbons (Fsp3) is 0.667. The van der Waals surface area contributed by atoms with Crippen molar-refractivity contribution in [3.8, 4) is 0 Å². The Kier molecular flexibility index (Phi) is 4.65. The minimum atomic E-state index is -4.89. The van der Waals surface area contributed by atoms with Crippen molar-refractivity contribution < 1.29 is 36.6 Å². The number of carbonyl (C=O) groups excluding carboxylic acids is 2. The summed E-state index contributed by atoms with van der Waals surface area (Å²) in [4.78, 5) is 21.2. The first kappa shape index (κ1) is 13.8. The number of aliphatic hydroxyl groups excluding tert-OH is 2. The van der Waals surface area contributed by atoms with Gasteiger partial charge in [-0.15, -0.1) is 8.42 Å². The van der Waals surface area contributed by atoms with Crippen molar-refractivity contribution in [1.82, 2.24) is 0 Å². The zero-order valence-electron chi connectivity index (χ0n) is 7.91. The van der Waals surface area contributed by atoms with Crippen molar-refractivity contribution in [3.05, 3.63) is 0 Å². The highest BCUT2D eigenvalue weighted by molar-refractivity contribution is 7.82. The Hall–Kier alpha value is -1.19. The number of rotatable bonds is 4. The van der Waals surface area contributed by atoms with Crippen LogP contribution in [0, 0.1) is 0 Å². The van der Waals surface area contributed by atoms with Gasteiger partial charge in [0.05, 0.1) is 0 Å². The number of hydrogen-bond acceptors (Lipinski definition) is 8. The molecule has 2 unspecified atom stereocenters. The van der Waals surface area contributed by atoms with Crippen LogP contribution in [-0.2, 0) is 28.4 Å². The molecule has 8 nitrogen and oxygen atoms in total. The molecule has 9 heteroatoms. The van der Waals surface area contributed by atoms with Gasteiger partial charge in [-0.1, -0.05) is 0 Å². The molecule has 0 aliphatic rings. The third kappa shape index (κ3) is 5.30. The van der Waals surface area contributed by atoms with Gasteiger partial charge in [0.15, 0.2) is 0 Å². The van der Waals surface area contributed by atoms with E-state index >= 15 is 0 Å². The summed E-state index contributed by atoms with van der Waals surface area (Å²) in [5, 5.41) is 17.2. The summed E-state index contributed by atoms with van der Waals surface area (Å²) >= 11 is 0. The van der Waals surface area contributed by atoms with Gasteiger partial charge in [0.2, 0.25) is 0 Å². The molecule has 2 N–H and O–H groups in total. The summed E-state index contributed by atoms with van der Waals surface area (Å²) in [5.41, 5.74) is 0. The van der Waals surface area contributed by atoms with Crippen molar-refractivity contribution in [2.75, 3.05) is 0 Å². The second kappa shape index (κ2) is 5.05. The molecular weight excluding hydrogens is 232 g/mol. The van der Waals surface area contributed by atoms with Gasteiger partial charge in [0.1, 0.15) is 12.2 Å².